The van der Waals surface area contributed by atoms with E-state index >= 15 is 0 Å². The summed E-state index contributed by atoms with van der Waals surface area (Å²) in [5, 5.41) is 13.2. The average Bonchev–Trinajstić information content (AvgIpc) is 3.15. The van der Waals surface area contributed by atoms with Gasteiger partial charge in [0.05, 0.1) is 41.1 Å². The van der Waals surface area contributed by atoms with Gasteiger partial charge in [0.15, 0.2) is 0 Å². The van der Waals surface area contributed by atoms with Gasteiger partial charge in [0.2, 0.25) is 0 Å². The predicted molar refractivity (Wildman–Crippen MR) is 210 cm³/mol. The molecule has 0 radical (unpaired) electrons. The lowest BCUT2D eigenvalue weighted by Gasteiger charge is -2.49. The maximum absolute atomic E-state index is 13.2. The molecular formula is C44H58O6Si. The Balaban J connectivity index is 1.76. The van der Waals surface area contributed by atoms with Crippen molar-refractivity contribution in [2.24, 2.45) is 5.92 Å². The zero-order chi connectivity index (χ0) is 36.7. The Morgan fingerprint density at radius 1 is 0.784 bits per heavy atom. The van der Waals surface area contributed by atoms with Gasteiger partial charge in [0.1, 0.15) is 23.7 Å². The molecule has 6 nitrogen and oxygen atoms in total. The van der Waals surface area contributed by atoms with Crippen LogP contribution in [0, 0.1) is 5.92 Å². The first-order valence-corrected chi connectivity index (χ1v) is 21.6. The van der Waals surface area contributed by atoms with E-state index in [0.717, 1.165) is 47.3 Å². The monoisotopic (exact) mass is 710 g/mol. The summed E-state index contributed by atoms with van der Waals surface area (Å²) in [6, 6.07) is 38.9. The predicted octanol–water partition coefficient (Wildman–Crippen LogP) is 9.64. The minimum Gasteiger partial charge on any atom is -0.497 e. The number of methoxy groups -OCH3 is 2. The van der Waals surface area contributed by atoms with Gasteiger partial charge in [0, 0.05) is 13.0 Å². The quantitative estimate of drug-likeness (QED) is 0.0288. The smallest absolute Gasteiger partial charge is 0.146 e. The molecule has 0 aliphatic heterocycles. The van der Waals surface area contributed by atoms with Crippen molar-refractivity contribution in [2.45, 2.75) is 75.3 Å². The summed E-state index contributed by atoms with van der Waals surface area (Å²) in [5.41, 5.74) is 1.76. The van der Waals surface area contributed by atoms with Crippen molar-refractivity contribution in [3.05, 3.63) is 150 Å². The van der Waals surface area contributed by atoms with Crippen LogP contribution in [0.3, 0.4) is 0 Å². The molecule has 0 aliphatic rings. The molecule has 1 N–H and O–H groups in total. The van der Waals surface area contributed by atoms with E-state index in [9.17, 15) is 5.11 Å². The molecule has 274 valence electrons. The van der Waals surface area contributed by atoms with Crippen molar-refractivity contribution in [1.29, 1.82) is 0 Å². The van der Waals surface area contributed by atoms with Gasteiger partial charge in [-0.05, 0) is 59.2 Å². The minimum atomic E-state index is -2.02. The van der Waals surface area contributed by atoms with Crippen LogP contribution in [0.1, 0.15) is 48.4 Å². The highest BCUT2D eigenvalue weighted by molar-refractivity contribution is 6.77. The summed E-state index contributed by atoms with van der Waals surface area (Å²) >= 11 is 0. The van der Waals surface area contributed by atoms with Crippen LogP contribution in [-0.2, 0) is 31.2 Å². The van der Waals surface area contributed by atoms with E-state index in [-0.39, 0.29) is 24.9 Å². The Labute approximate surface area is 307 Å². The number of benzene rings is 4. The first-order valence-electron chi connectivity index (χ1n) is 18.0. The Kier molecular flexibility index (Phi) is 15.2. The van der Waals surface area contributed by atoms with E-state index < -0.39 is 25.4 Å². The fourth-order valence-electron chi connectivity index (χ4n) is 7.39. The largest absolute Gasteiger partial charge is 0.497 e. The van der Waals surface area contributed by atoms with Crippen LogP contribution < -0.4 is 4.74 Å². The first kappa shape index (κ1) is 40.2. The number of unbranched alkanes of at least 4 members (excludes halogenated alkanes) is 1. The van der Waals surface area contributed by atoms with Gasteiger partial charge in [-0.1, -0.05) is 136 Å². The van der Waals surface area contributed by atoms with Gasteiger partial charge in [-0.25, -0.2) is 0 Å². The third-order valence-corrected chi connectivity index (χ3v) is 12.7. The molecule has 0 aliphatic carbocycles. The number of hydrogen-bond donors (Lipinski definition) is 1. The molecule has 4 aromatic carbocycles. The number of allylic oxidation sites excluding steroid dienone is 1. The second-order valence-electron chi connectivity index (χ2n) is 14.5. The van der Waals surface area contributed by atoms with Crippen molar-refractivity contribution >= 4 is 8.07 Å². The second-order valence-corrected chi connectivity index (χ2v) is 20.0. The highest BCUT2D eigenvalue weighted by atomic mass is 28.3. The van der Waals surface area contributed by atoms with E-state index in [0.29, 0.717) is 13.2 Å². The normalized spacial score (nSPS) is 15.0. The Morgan fingerprint density at radius 3 is 1.76 bits per heavy atom. The summed E-state index contributed by atoms with van der Waals surface area (Å²) in [6.45, 7) is 13.8. The van der Waals surface area contributed by atoms with E-state index in [1.165, 1.54) is 0 Å². The summed E-state index contributed by atoms with van der Waals surface area (Å²) in [5.74, 6) is 0.527. The third-order valence-electron chi connectivity index (χ3n) is 9.79. The van der Waals surface area contributed by atoms with Crippen LogP contribution in [0.5, 0.6) is 5.75 Å². The summed E-state index contributed by atoms with van der Waals surface area (Å²) < 4.78 is 31.2. The third kappa shape index (κ3) is 10.3. The molecule has 7 heteroatoms. The molecule has 0 spiro atoms. The van der Waals surface area contributed by atoms with Crippen LogP contribution in [0.25, 0.3) is 0 Å². The van der Waals surface area contributed by atoms with Gasteiger partial charge < -0.3 is 28.8 Å². The van der Waals surface area contributed by atoms with Crippen LogP contribution in [0.2, 0.25) is 25.2 Å². The van der Waals surface area contributed by atoms with Crippen molar-refractivity contribution in [1.82, 2.24) is 0 Å². The van der Waals surface area contributed by atoms with Gasteiger partial charge in [-0.15, -0.1) is 6.58 Å². The highest BCUT2D eigenvalue weighted by Gasteiger charge is 2.52. The lowest BCUT2D eigenvalue weighted by Crippen LogP contribution is -2.60. The minimum absolute atomic E-state index is 0.0298. The summed E-state index contributed by atoms with van der Waals surface area (Å²) in [4.78, 5) is 0. The number of ether oxygens (including phenoxy) is 5. The number of aliphatic hydroxyl groups is 1. The molecule has 0 aromatic heterocycles. The lowest BCUT2D eigenvalue weighted by molar-refractivity contribution is -0.205. The Bertz CT molecular complexity index is 1460. The highest BCUT2D eigenvalue weighted by Crippen LogP contribution is 2.45. The molecule has 2 unspecified atom stereocenters. The Morgan fingerprint density at radius 2 is 1.31 bits per heavy atom. The molecule has 51 heavy (non-hydrogen) atoms. The topological polar surface area (TPSA) is 66.4 Å². The standard InChI is InChI=1S/C44H58O6Si/c1-8-9-13-26-41(51(5,6)7)43(45,33-48-32-36-27-29-40(47-4)30-28-36)42(49-34-46-3)35(2)31-50-44(37-20-14-10-15-21-37,38-22-16-11-17-23-38)39-24-18-12-19-25-39/h8,10-12,14-25,27-30,35,41-42,45H,1,9,13,26,31-34H2,2-7H3/t35-,41?,42+,43?/m0/s1. The van der Waals surface area contributed by atoms with Crippen LogP contribution in [0.15, 0.2) is 128 Å². The van der Waals surface area contributed by atoms with E-state index in [4.69, 9.17) is 23.7 Å². The molecule has 0 saturated carbocycles. The summed E-state index contributed by atoms with van der Waals surface area (Å²) in [7, 11) is 1.25. The summed E-state index contributed by atoms with van der Waals surface area (Å²) in [6.07, 6.45) is 3.91. The van der Waals surface area contributed by atoms with Crippen molar-refractivity contribution in [3.8, 4) is 5.75 Å². The molecule has 4 atom stereocenters. The molecule has 0 saturated heterocycles. The van der Waals surface area contributed by atoms with Gasteiger partial charge in [-0.2, -0.15) is 0 Å². The first-order chi connectivity index (χ1) is 24.6. The fourth-order valence-corrected chi connectivity index (χ4v) is 10.2. The molecule has 4 rings (SSSR count). The van der Waals surface area contributed by atoms with Crippen LogP contribution >= 0.6 is 0 Å². The number of rotatable bonds is 22. The maximum atomic E-state index is 13.2. The zero-order valence-corrected chi connectivity index (χ0v) is 32.4. The van der Waals surface area contributed by atoms with Crippen LogP contribution in [0.4, 0.5) is 0 Å². The number of hydrogen-bond acceptors (Lipinski definition) is 6. The Hall–Kier alpha value is -3.56. The second kappa shape index (κ2) is 19.3. The van der Waals surface area contributed by atoms with Gasteiger partial charge >= 0.3 is 0 Å². The zero-order valence-electron chi connectivity index (χ0n) is 31.4. The SMILES string of the molecule is C=CCCCC(C(O)(COCc1ccc(OC)cc1)[C@H](OCOC)[C@@H](C)COC(c1ccccc1)(c1ccccc1)c1ccccc1)[Si](C)(C)C. The lowest BCUT2D eigenvalue weighted by atomic mass is 9.79. The maximum Gasteiger partial charge on any atom is 0.146 e. The van der Waals surface area contributed by atoms with Gasteiger partial charge in [0.25, 0.3) is 0 Å². The molecule has 4 aromatic rings. The van der Waals surface area contributed by atoms with E-state index in [1.807, 2.05) is 84.9 Å². The average molecular weight is 711 g/mol. The molecular weight excluding hydrogens is 653 g/mol. The fraction of sp³-hybridized carbons (Fsp3) is 0.409. The molecule has 0 heterocycles. The molecule has 0 bridgehead atoms. The van der Waals surface area contributed by atoms with E-state index in [1.54, 1.807) is 14.2 Å². The van der Waals surface area contributed by atoms with Crippen LogP contribution in [-0.4, -0.2) is 59.1 Å². The van der Waals surface area contributed by atoms with Crippen molar-refractivity contribution < 1.29 is 28.8 Å². The molecule has 0 amide bonds. The van der Waals surface area contributed by atoms with Gasteiger partial charge in [-0.3, -0.25) is 0 Å². The molecule has 0 fully saturated rings. The van der Waals surface area contributed by atoms with Crippen molar-refractivity contribution in [3.63, 3.8) is 0 Å². The van der Waals surface area contributed by atoms with E-state index in [2.05, 4.69) is 69.5 Å². The van der Waals surface area contributed by atoms with Crippen molar-refractivity contribution in [2.75, 3.05) is 34.2 Å².